The molecule has 0 aliphatic carbocycles. The molecule has 0 fully saturated rings. The zero-order valence-electron chi connectivity index (χ0n) is 21.3. The number of anilines is 1. The fraction of sp³-hybridized carbons (Fsp3) is 0.462. The molecule has 1 aliphatic rings. The van der Waals surface area contributed by atoms with Crippen molar-refractivity contribution in [1.82, 2.24) is 10.2 Å². The monoisotopic (exact) mass is 517 g/mol. The molecular formula is C26H35N3O6S. The zero-order valence-corrected chi connectivity index (χ0v) is 22.1. The number of amides is 2. The summed E-state index contributed by atoms with van der Waals surface area (Å²) in [5.41, 5.74) is 1.13. The van der Waals surface area contributed by atoms with E-state index in [1.807, 2.05) is 44.2 Å². The number of fused-ring (bicyclic) bond motifs is 1. The Morgan fingerprint density at radius 1 is 1.00 bits per heavy atom. The van der Waals surface area contributed by atoms with Crippen LogP contribution in [0.2, 0.25) is 0 Å². The van der Waals surface area contributed by atoms with E-state index < -0.39 is 28.5 Å². The number of nitrogens with one attached hydrogen (secondary N) is 1. The highest BCUT2D eigenvalue weighted by Gasteiger charge is 2.31. The molecule has 1 N–H and O–H groups in total. The summed E-state index contributed by atoms with van der Waals surface area (Å²) in [5, 5.41) is 2.87. The molecule has 2 amide bonds. The third-order valence-corrected chi connectivity index (χ3v) is 7.58. The maximum absolute atomic E-state index is 13.7. The minimum Gasteiger partial charge on any atom is -0.486 e. The second-order valence-electron chi connectivity index (χ2n) is 9.06. The van der Waals surface area contributed by atoms with Crippen LogP contribution in [0.4, 0.5) is 5.69 Å². The van der Waals surface area contributed by atoms with Gasteiger partial charge in [-0.05, 0) is 37.5 Å². The lowest BCUT2D eigenvalue weighted by molar-refractivity contribution is -0.139. The highest BCUT2D eigenvalue weighted by atomic mass is 32.2. The van der Waals surface area contributed by atoms with Gasteiger partial charge >= 0.3 is 0 Å². The molecule has 1 heterocycles. The van der Waals surface area contributed by atoms with Crippen LogP contribution in [0.3, 0.4) is 0 Å². The second kappa shape index (κ2) is 12.1. The standard InChI is InChI=1S/C26H35N3O6S/c1-5-36(32,33)29(22-11-12-23-24(15-22)35-14-13-34-23)18-25(30)28(17-21-9-7-6-8-10-21)20(4)26(31)27-16-19(2)3/h6-12,15,19-20H,5,13-14,16-18H2,1-4H3,(H,27,31)/t20-/m1/s1. The molecule has 2 aromatic carbocycles. The van der Waals surface area contributed by atoms with Crippen molar-refractivity contribution in [1.29, 1.82) is 0 Å². The molecule has 0 spiro atoms. The fourth-order valence-corrected chi connectivity index (χ4v) is 4.78. The highest BCUT2D eigenvalue weighted by molar-refractivity contribution is 7.92. The molecule has 1 aliphatic heterocycles. The van der Waals surface area contributed by atoms with Gasteiger partial charge in [-0.25, -0.2) is 8.42 Å². The van der Waals surface area contributed by atoms with E-state index in [9.17, 15) is 18.0 Å². The highest BCUT2D eigenvalue weighted by Crippen LogP contribution is 2.35. The van der Waals surface area contributed by atoms with Crippen molar-refractivity contribution < 1.29 is 27.5 Å². The van der Waals surface area contributed by atoms with Crippen molar-refractivity contribution in [3.8, 4) is 11.5 Å². The Morgan fingerprint density at radius 2 is 1.67 bits per heavy atom. The predicted octanol–water partition coefficient (Wildman–Crippen LogP) is 2.80. The topological polar surface area (TPSA) is 105 Å². The zero-order chi connectivity index (χ0) is 26.3. The molecule has 2 aromatic rings. The number of nitrogens with zero attached hydrogens (tertiary/aromatic N) is 2. The van der Waals surface area contributed by atoms with Crippen molar-refractivity contribution in [2.45, 2.75) is 40.3 Å². The summed E-state index contributed by atoms with van der Waals surface area (Å²) in [5.74, 6) is 0.212. The molecule has 36 heavy (non-hydrogen) atoms. The Hall–Kier alpha value is -3.27. The quantitative estimate of drug-likeness (QED) is 0.492. The van der Waals surface area contributed by atoms with Gasteiger partial charge in [0.15, 0.2) is 11.5 Å². The molecule has 3 rings (SSSR count). The van der Waals surface area contributed by atoms with E-state index in [1.54, 1.807) is 25.1 Å². The summed E-state index contributed by atoms with van der Waals surface area (Å²) in [4.78, 5) is 28.0. The van der Waals surface area contributed by atoms with Crippen LogP contribution in [0.1, 0.15) is 33.3 Å². The van der Waals surface area contributed by atoms with Crippen molar-refractivity contribution in [2.75, 3.05) is 36.4 Å². The number of hydrogen-bond acceptors (Lipinski definition) is 6. The van der Waals surface area contributed by atoms with Crippen LogP contribution in [0.25, 0.3) is 0 Å². The lowest BCUT2D eigenvalue weighted by Gasteiger charge is -2.32. The Morgan fingerprint density at radius 3 is 2.31 bits per heavy atom. The van der Waals surface area contributed by atoms with Gasteiger partial charge in [-0.15, -0.1) is 0 Å². The molecular weight excluding hydrogens is 482 g/mol. The molecule has 0 radical (unpaired) electrons. The minimum absolute atomic E-state index is 0.164. The number of carbonyl (C=O) groups excluding carboxylic acids is 2. The van der Waals surface area contributed by atoms with Crippen molar-refractivity contribution >= 4 is 27.5 Å². The first-order chi connectivity index (χ1) is 17.1. The third kappa shape index (κ3) is 6.90. The molecule has 0 aromatic heterocycles. The maximum atomic E-state index is 13.7. The summed E-state index contributed by atoms with van der Waals surface area (Å²) in [7, 11) is -3.82. The van der Waals surface area contributed by atoms with Crippen LogP contribution < -0.4 is 19.1 Å². The number of hydrogen-bond donors (Lipinski definition) is 1. The van der Waals surface area contributed by atoms with Crippen molar-refractivity contribution in [2.24, 2.45) is 5.92 Å². The summed E-state index contributed by atoms with van der Waals surface area (Å²) in [6, 6.07) is 13.3. The van der Waals surface area contributed by atoms with Crippen LogP contribution in [-0.2, 0) is 26.2 Å². The SMILES string of the molecule is CCS(=O)(=O)N(CC(=O)N(Cc1ccccc1)[C@H](C)C(=O)NCC(C)C)c1ccc2c(c1)OCCO2. The molecule has 0 saturated heterocycles. The Bertz CT molecular complexity index is 1150. The summed E-state index contributed by atoms with van der Waals surface area (Å²) < 4.78 is 38.4. The lowest BCUT2D eigenvalue weighted by Crippen LogP contribution is -2.51. The number of rotatable bonds is 11. The van der Waals surface area contributed by atoms with E-state index in [0.717, 1.165) is 9.87 Å². The average molecular weight is 518 g/mol. The van der Waals surface area contributed by atoms with Gasteiger partial charge in [0, 0.05) is 19.2 Å². The Balaban J connectivity index is 1.91. The Labute approximate surface area is 213 Å². The first kappa shape index (κ1) is 27.3. The summed E-state index contributed by atoms with van der Waals surface area (Å²) in [6.07, 6.45) is 0. The van der Waals surface area contributed by atoms with Gasteiger partial charge in [0.1, 0.15) is 25.8 Å². The van der Waals surface area contributed by atoms with E-state index in [2.05, 4.69) is 5.32 Å². The molecule has 10 heteroatoms. The molecule has 0 saturated carbocycles. The predicted molar refractivity (Wildman–Crippen MR) is 139 cm³/mol. The van der Waals surface area contributed by atoms with Crippen LogP contribution in [0.15, 0.2) is 48.5 Å². The van der Waals surface area contributed by atoms with E-state index in [-0.39, 0.29) is 24.1 Å². The fourth-order valence-electron chi connectivity index (χ4n) is 3.72. The normalized spacial score (nSPS) is 13.7. The second-order valence-corrected chi connectivity index (χ2v) is 11.2. The maximum Gasteiger partial charge on any atom is 0.244 e. The van der Waals surface area contributed by atoms with Crippen LogP contribution in [-0.4, -0.2) is 63.2 Å². The van der Waals surface area contributed by atoms with Crippen molar-refractivity contribution in [3.05, 3.63) is 54.1 Å². The molecule has 9 nitrogen and oxygen atoms in total. The molecule has 0 bridgehead atoms. The molecule has 0 unspecified atom stereocenters. The van der Waals surface area contributed by atoms with Gasteiger partial charge in [-0.2, -0.15) is 0 Å². The molecule has 1 atom stereocenters. The lowest BCUT2D eigenvalue weighted by atomic mass is 10.1. The van der Waals surface area contributed by atoms with Gasteiger partial charge in [-0.3, -0.25) is 13.9 Å². The van der Waals surface area contributed by atoms with Gasteiger partial charge in [0.25, 0.3) is 0 Å². The number of ether oxygens (including phenoxy) is 2. The number of sulfonamides is 1. The largest absolute Gasteiger partial charge is 0.486 e. The van der Waals surface area contributed by atoms with Gasteiger partial charge in [0.05, 0.1) is 11.4 Å². The van der Waals surface area contributed by atoms with E-state index in [4.69, 9.17) is 9.47 Å². The Kier molecular flexibility index (Phi) is 9.19. The van der Waals surface area contributed by atoms with E-state index in [1.165, 1.54) is 11.8 Å². The van der Waals surface area contributed by atoms with Crippen LogP contribution in [0, 0.1) is 5.92 Å². The van der Waals surface area contributed by atoms with Gasteiger partial charge < -0.3 is 19.7 Å². The minimum atomic E-state index is -3.82. The smallest absolute Gasteiger partial charge is 0.244 e. The van der Waals surface area contributed by atoms with Crippen molar-refractivity contribution in [3.63, 3.8) is 0 Å². The number of benzene rings is 2. The first-order valence-electron chi connectivity index (χ1n) is 12.1. The number of carbonyl (C=O) groups is 2. The van der Waals surface area contributed by atoms with Gasteiger partial charge in [-0.1, -0.05) is 44.2 Å². The summed E-state index contributed by atoms with van der Waals surface area (Å²) >= 11 is 0. The van der Waals surface area contributed by atoms with E-state index in [0.29, 0.717) is 36.9 Å². The van der Waals surface area contributed by atoms with Crippen LogP contribution in [0.5, 0.6) is 11.5 Å². The molecule has 196 valence electrons. The first-order valence-corrected chi connectivity index (χ1v) is 13.7. The average Bonchev–Trinajstić information content (AvgIpc) is 2.88. The third-order valence-electron chi connectivity index (χ3n) is 5.84. The van der Waals surface area contributed by atoms with Crippen LogP contribution >= 0.6 is 0 Å². The van der Waals surface area contributed by atoms with Gasteiger partial charge in [0.2, 0.25) is 21.8 Å². The summed E-state index contributed by atoms with van der Waals surface area (Å²) in [6.45, 7) is 8.09. The van der Waals surface area contributed by atoms with E-state index >= 15 is 0 Å².